The molecule has 0 fully saturated rings. The Labute approximate surface area is 148 Å². The lowest BCUT2D eigenvalue weighted by atomic mass is 10.0. The Bertz CT molecular complexity index is 707. The highest BCUT2D eigenvalue weighted by atomic mass is 32.1. The van der Waals surface area contributed by atoms with Crippen LogP contribution in [0.15, 0.2) is 34.6 Å². The van der Waals surface area contributed by atoms with Crippen molar-refractivity contribution in [2.75, 3.05) is 32.1 Å². The largest absolute Gasteiger partial charge is 0.356 e. The number of aromatic nitrogens is 1. The molecule has 0 bridgehead atoms. The molecule has 2 heterocycles. The number of thiazole rings is 1. The van der Waals surface area contributed by atoms with Gasteiger partial charge in [-0.05, 0) is 24.5 Å². The fraction of sp³-hybridized carbons (Fsp3) is 0.444. The summed E-state index contributed by atoms with van der Waals surface area (Å²) in [7, 11) is 4.03. The highest BCUT2D eigenvalue weighted by Gasteiger charge is 2.18. The molecule has 0 amide bonds. The molecule has 0 spiro atoms. The number of aliphatic imine (C=N–C) groups is 1. The maximum Gasteiger partial charge on any atom is 0.194 e. The first-order valence-electron chi connectivity index (χ1n) is 8.39. The van der Waals surface area contributed by atoms with E-state index in [-0.39, 0.29) is 0 Å². The van der Waals surface area contributed by atoms with E-state index in [1.54, 1.807) is 11.3 Å². The molecule has 0 aliphatic carbocycles. The lowest BCUT2D eigenvalue weighted by Crippen LogP contribution is -2.44. The Morgan fingerprint density at radius 2 is 2.12 bits per heavy atom. The van der Waals surface area contributed by atoms with Gasteiger partial charge in [-0.2, -0.15) is 0 Å². The van der Waals surface area contributed by atoms with Crippen LogP contribution in [0.3, 0.4) is 0 Å². The number of rotatable bonds is 4. The first kappa shape index (κ1) is 16.8. The molecule has 24 heavy (non-hydrogen) atoms. The summed E-state index contributed by atoms with van der Waals surface area (Å²) >= 11 is 1.66. The lowest BCUT2D eigenvalue weighted by Gasteiger charge is -2.31. The van der Waals surface area contributed by atoms with Crippen LogP contribution in [0.1, 0.15) is 23.7 Å². The monoisotopic (exact) mass is 343 g/mol. The van der Waals surface area contributed by atoms with Gasteiger partial charge in [-0.15, -0.1) is 11.3 Å². The van der Waals surface area contributed by atoms with E-state index in [4.69, 9.17) is 4.99 Å². The van der Waals surface area contributed by atoms with Gasteiger partial charge in [-0.25, -0.2) is 9.98 Å². The third kappa shape index (κ3) is 3.87. The average molecular weight is 344 g/mol. The van der Waals surface area contributed by atoms with Crippen LogP contribution in [0.2, 0.25) is 0 Å². The third-order valence-corrected chi connectivity index (χ3v) is 5.14. The van der Waals surface area contributed by atoms with E-state index in [0.29, 0.717) is 6.54 Å². The van der Waals surface area contributed by atoms with Crippen LogP contribution in [-0.2, 0) is 19.5 Å². The van der Waals surface area contributed by atoms with Gasteiger partial charge in [0, 0.05) is 39.1 Å². The molecular weight excluding hydrogens is 318 g/mol. The molecule has 1 aliphatic heterocycles. The Morgan fingerprint density at radius 1 is 1.33 bits per heavy atom. The number of nitrogens with zero attached hydrogens (tertiary/aromatic N) is 4. The smallest absolute Gasteiger partial charge is 0.194 e. The second kappa shape index (κ2) is 7.66. The fourth-order valence-electron chi connectivity index (χ4n) is 2.83. The van der Waals surface area contributed by atoms with Crippen molar-refractivity contribution < 1.29 is 0 Å². The summed E-state index contributed by atoms with van der Waals surface area (Å²) in [5.41, 5.74) is 3.88. The quantitative estimate of drug-likeness (QED) is 0.685. The average Bonchev–Trinajstić information content (AvgIpc) is 3.07. The Balaban J connectivity index is 1.72. The van der Waals surface area contributed by atoms with Crippen molar-refractivity contribution in [1.82, 2.24) is 15.2 Å². The molecule has 0 saturated heterocycles. The second-order valence-electron chi connectivity index (χ2n) is 6.13. The number of nitrogens with one attached hydrogen (secondary N) is 1. The summed E-state index contributed by atoms with van der Waals surface area (Å²) in [6.07, 6.45) is 1.07. The summed E-state index contributed by atoms with van der Waals surface area (Å²) in [4.78, 5) is 13.8. The number of anilines is 1. The van der Waals surface area contributed by atoms with E-state index in [9.17, 15) is 0 Å². The van der Waals surface area contributed by atoms with E-state index in [2.05, 4.69) is 51.8 Å². The zero-order chi connectivity index (χ0) is 16.9. The molecule has 1 aromatic carbocycles. The van der Waals surface area contributed by atoms with Gasteiger partial charge in [-0.1, -0.05) is 24.3 Å². The van der Waals surface area contributed by atoms with Crippen LogP contribution in [0.5, 0.6) is 0 Å². The van der Waals surface area contributed by atoms with Gasteiger partial charge in [-0.3, -0.25) is 0 Å². The zero-order valence-corrected chi connectivity index (χ0v) is 15.4. The van der Waals surface area contributed by atoms with Crippen LogP contribution in [-0.4, -0.2) is 43.0 Å². The fourth-order valence-corrected chi connectivity index (χ4v) is 3.58. The molecule has 0 unspecified atom stereocenters. The predicted octanol–water partition coefficient (Wildman–Crippen LogP) is 2.73. The van der Waals surface area contributed by atoms with E-state index >= 15 is 0 Å². The SMILES string of the molecule is CCNC(=NCc1csc(N(C)C)n1)N1CCc2ccccc2C1. The van der Waals surface area contributed by atoms with Gasteiger partial charge in [0.1, 0.15) is 0 Å². The van der Waals surface area contributed by atoms with Gasteiger partial charge < -0.3 is 15.1 Å². The maximum absolute atomic E-state index is 4.81. The van der Waals surface area contributed by atoms with E-state index in [1.807, 2.05) is 19.0 Å². The van der Waals surface area contributed by atoms with Crippen LogP contribution in [0.4, 0.5) is 5.13 Å². The highest BCUT2D eigenvalue weighted by Crippen LogP contribution is 2.20. The van der Waals surface area contributed by atoms with Gasteiger partial charge >= 0.3 is 0 Å². The van der Waals surface area contributed by atoms with E-state index < -0.39 is 0 Å². The van der Waals surface area contributed by atoms with Crippen LogP contribution >= 0.6 is 11.3 Å². The number of hydrogen-bond donors (Lipinski definition) is 1. The molecule has 0 saturated carbocycles. The van der Waals surface area contributed by atoms with Gasteiger partial charge in [0.05, 0.1) is 12.2 Å². The first-order chi connectivity index (χ1) is 11.7. The summed E-state index contributed by atoms with van der Waals surface area (Å²) in [6.45, 7) is 5.52. The topological polar surface area (TPSA) is 43.8 Å². The Morgan fingerprint density at radius 3 is 2.83 bits per heavy atom. The predicted molar refractivity (Wildman–Crippen MR) is 102 cm³/mol. The van der Waals surface area contributed by atoms with Crippen LogP contribution in [0, 0.1) is 0 Å². The van der Waals surface area contributed by atoms with Crippen molar-refractivity contribution in [3.63, 3.8) is 0 Å². The van der Waals surface area contributed by atoms with Gasteiger partial charge in [0.15, 0.2) is 11.1 Å². The van der Waals surface area contributed by atoms with Crippen molar-refractivity contribution in [1.29, 1.82) is 0 Å². The highest BCUT2D eigenvalue weighted by molar-refractivity contribution is 7.13. The van der Waals surface area contributed by atoms with Crippen molar-refractivity contribution in [3.8, 4) is 0 Å². The van der Waals surface area contributed by atoms with E-state index in [1.165, 1.54) is 11.1 Å². The van der Waals surface area contributed by atoms with Gasteiger partial charge in [0.25, 0.3) is 0 Å². The molecule has 1 aromatic heterocycles. The van der Waals surface area contributed by atoms with Gasteiger partial charge in [0.2, 0.25) is 0 Å². The molecule has 0 radical (unpaired) electrons. The Kier molecular flexibility index (Phi) is 5.35. The number of benzene rings is 1. The minimum Gasteiger partial charge on any atom is -0.356 e. The van der Waals surface area contributed by atoms with Crippen molar-refractivity contribution in [3.05, 3.63) is 46.5 Å². The number of hydrogen-bond acceptors (Lipinski definition) is 4. The van der Waals surface area contributed by atoms with E-state index in [0.717, 1.165) is 42.8 Å². The summed E-state index contributed by atoms with van der Waals surface area (Å²) < 4.78 is 0. The van der Waals surface area contributed by atoms with Crippen LogP contribution in [0.25, 0.3) is 0 Å². The van der Waals surface area contributed by atoms with Crippen molar-refractivity contribution in [2.24, 2.45) is 4.99 Å². The molecule has 3 rings (SSSR count). The molecule has 6 heteroatoms. The molecule has 1 aliphatic rings. The normalized spacial score (nSPS) is 14.5. The Hall–Kier alpha value is -2.08. The standard InChI is InChI=1S/C18H25N5S/c1-4-19-17(20-11-16-13-24-18(21-16)22(2)3)23-10-9-14-7-5-6-8-15(14)12-23/h5-8,13H,4,9-12H2,1-3H3,(H,19,20). The summed E-state index contributed by atoms with van der Waals surface area (Å²) in [6, 6.07) is 8.69. The number of guanidine groups is 1. The molecule has 5 nitrogen and oxygen atoms in total. The molecule has 2 aromatic rings. The minimum absolute atomic E-state index is 0.616. The first-order valence-corrected chi connectivity index (χ1v) is 9.27. The zero-order valence-electron chi connectivity index (χ0n) is 14.6. The lowest BCUT2D eigenvalue weighted by molar-refractivity contribution is 0.378. The molecule has 0 atom stereocenters. The molecule has 128 valence electrons. The summed E-state index contributed by atoms with van der Waals surface area (Å²) in [5, 5.41) is 6.54. The van der Waals surface area contributed by atoms with Crippen molar-refractivity contribution >= 4 is 22.4 Å². The summed E-state index contributed by atoms with van der Waals surface area (Å²) in [5.74, 6) is 0.978. The third-order valence-electron chi connectivity index (χ3n) is 4.08. The number of fused-ring (bicyclic) bond motifs is 1. The van der Waals surface area contributed by atoms with Crippen LogP contribution < -0.4 is 10.2 Å². The minimum atomic E-state index is 0.616. The molecule has 1 N–H and O–H groups in total. The maximum atomic E-state index is 4.81. The second-order valence-corrected chi connectivity index (χ2v) is 6.96. The molecular formula is C18H25N5S. The van der Waals surface area contributed by atoms with Crippen molar-refractivity contribution in [2.45, 2.75) is 26.4 Å².